The van der Waals surface area contributed by atoms with Gasteiger partial charge < -0.3 is 9.84 Å². The van der Waals surface area contributed by atoms with E-state index >= 15 is 0 Å². The molecule has 17 heavy (non-hydrogen) atoms. The molecule has 0 spiro atoms. The molecule has 1 unspecified atom stereocenters. The number of carboxylic acid groups (broad SMARTS) is 1. The molecule has 2 N–H and O–H groups in total. The zero-order valence-electron chi connectivity index (χ0n) is 11.1. The van der Waals surface area contributed by atoms with Gasteiger partial charge in [-0.05, 0) is 27.2 Å². The Kier molecular flexibility index (Phi) is 6.80. The Bertz CT molecular complexity index is 258. The molecule has 0 bridgehead atoms. The fourth-order valence-corrected chi connectivity index (χ4v) is 1.31. The highest BCUT2D eigenvalue weighted by Crippen LogP contribution is 2.07. The zero-order valence-corrected chi connectivity index (χ0v) is 11.1. The molecular formula is C12H23NO4. The predicted octanol–water partition coefficient (Wildman–Crippen LogP) is 1.56. The maximum atomic E-state index is 11.4. The first-order valence-electron chi connectivity index (χ1n) is 5.94. The molecule has 0 heterocycles. The summed E-state index contributed by atoms with van der Waals surface area (Å²) in [4.78, 5) is 22.3. The van der Waals surface area contributed by atoms with E-state index in [0.717, 1.165) is 12.8 Å². The van der Waals surface area contributed by atoms with Gasteiger partial charge in [0.2, 0.25) is 0 Å². The molecule has 0 aromatic rings. The van der Waals surface area contributed by atoms with E-state index in [4.69, 9.17) is 9.84 Å². The van der Waals surface area contributed by atoms with Gasteiger partial charge >= 0.3 is 11.9 Å². The number of carbonyl (C=O) groups is 2. The van der Waals surface area contributed by atoms with Crippen LogP contribution >= 0.6 is 0 Å². The van der Waals surface area contributed by atoms with Crippen molar-refractivity contribution < 1.29 is 19.4 Å². The number of nitrogens with one attached hydrogen (secondary N) is 1. The number of hydrogen-bond donors (Lipinski definition) is 2. The molecule has 0 amide bonds. The van der Waals surface area contributed by atoms with Crippen molar-refractivity contribution in [1.82, 2.24) is 5.32 Å². The molecule has 0 fully saturated rings. The van der Waals surface area contributed by atoms with Crippen molar-refractivity contribution in [3.05, 3.63) is 0 Å². The van der Waals surface area contributed by atoms with Gasteiger partial charge in [0.05, 0.1) is 6.54 Å². The molecule has 0 aliphatic carbocycles. The van der Waals surface area contributed by atoms with Crippen molar-refractivity contribution in [2.75, 3.05) is 6.54 Å². The minimum Gasteiger partial charge on any atom is -0.480 e. The Balaban J connectivity index is 4.04. The van der Waals surface area contributed by atoms with Gasteiger partial charge in [0.1, 0.15) is 11.6 Å². The molecule has 0 rings (SSSR count). The van der Waals surface area contributed by atoms with Crippen molar-refractivity contribution in [1.29, 1.82) is 0 Å². The topological polar surface area (TPSA) is 75.6 Å². The molecule has 0 aromatic heterocycles. The lowest BCUT2D eigenvalue weighted by Gasteiger charge is -2.20. The fourth-order valence-electron chi connectivity index (χ4n) is 1.31. The second-order valence-electron chi connectivity index (χ2n) is 5.00. The minimum absolute atomic E-state index is 0.0715. The van der Waals surface area contributed by atoms with Crippen LogP contribution in [0.3, 0.4) is 0 Å². The van der Waals surface area contributed by atoms with E-state index in [1.807, 2.05) is 6.92 Å². The standard InChI is InChI=1S/C12H23NO4/c1-5-6-7-9(11(15)16)13-8-10(14)17-12(2,3)4/h9,13H,5-8H2,1-4H3,(H,15,16). The van der Waals surface area contributed by atoms with Crippen LogP contribution in [-0.2, 0) is 14.3 Å². The third-order valence-corrected chi connectivity index (χ3v) is 2.06. The first kappa shape index (κ1) is 15.9. The summed E-state index contributed by atoms with van der Waals surface area (Å²) in [6, 6.07) is -0.678. The lowest BCUT2D eigenvalue weighted by Crippen LogP contribution is -2.41. The Labute approximate surface area is 103 Å². The molecule has 5 nitrogen and oxygen atoms in total. The summed E-state index contributed by atoms with van der Waals surface area (Å²) in [6.45, 7) is 7.24. The number of rotatable bonds is 7. The summed E-state index contributed by atoms with van der Waals surface area (Å²) in [7, 11) is 0. The highest BCUT2D eigenvalue weighted by atomic mass is 16.6. The summed E-state index contributed by atoms with van der Waals surface area (Å²) in [5.41, 5.74) is -0.541. The Morgan fingerprint density at radius 3 is 2.35 bits per heavy atom. The van der Waals surface area contributed by atoms with Gasteiger partial charge in [0, 0.05) is 0 Å². The smallest absolute Gasteiger partial charge is 0.320 e. The molecule has 0 radical (unpaired) electrons. The number of ether oxygens (including phenoxy) is 1. The monoisotopic (exact) mass is 245 g/mol. The van der Waals surface area contributed by atoms with Crippen molar-refractivity contribution >= 4 is 11.9 Å². The average molecular weight is 245 g/mol. The highest BCUT2D eigenvalue weighted by Gasteiger charge is 2.20. The molecule has 0 aliphatic heterocycles. The molecule has 0 aliphatic rings. The number of esters is 1. The van der Waals surface area contributed by atoms with E-state index in [9.17, 15) is 9.59 Å². The first-order chi connectivity index (χ1) is 7.76. The summed E-state index contributed by atoms with van der Waals surface area (Å²) in [6.07, 6.45) is 2.27. The van der Waals surface area contributed by atoms with Gasteiger partial charge in [-0.2, -0.15) is 0 Å². The van der Waals surface area contributed by atoms with Gasteiger partial charge in [-0.1, -0.05) is 19.8 Å². The van der Waals surface area contributed by atoms with Crippen molar-refractivity contribution in [3.8, 4) is 0 Å². The Morgan fingerprint density at radius 2 is 1.94 bits per heavy atom. The van der Waals surface area contributed by atoms with Crippen LogP contribution in [0.2, 0.25) is 0 Å². The fraction of sp³-hybridized carbons (Fsp3) is 0.833. The molecule has 5 heteroatoms. The van der Waals surface area contributed by atoms with Gasteiger partial charge in [-0.25, -0.2) is 0 Å². The van der Waals surface area contributed by atoms with Crippen LogP contribution in [0.25, 0.3) is 0 Å². The summed E-state index contributed by atoms with van der Waals surface area (Å²) in [5.74, 6) is -1.36. The van der Waals surface area contributed by atoms with Gasteiger partial charge in [-0.15, -0.1) is 0 Å². The minimum atomic E-state index is -0.929. The van der Waals surface area contributed by atoms with Crippen LogP contribution in [0.4, 0.5) is 0 Å². The maximum absolute atomic E-state index is 11.4. The largest absolute Gasteiger partial charge is 0.480 e. The number of carboxylic acids is 1. The predicted molar refractivity (Wildman–Crippen MR) is 64.8 cm³/mol. The number of unbranched alkanes of at least 4 members (excludes halogenated alkanes) is 1. The molecule has 0 saturated heterocycles. The lowest BCUT2D eigenvalue weighted by molar-refractivity contribution is -0.154. The quantitative estimate of drug-likeness (QED) is 0.666. The molecular weight excluding hydrogens is 222 g/mol. The van der Waals surface area contributed by atoms with E-state index in [1.54, 1.807) is 20.8 Å². The number of aliphatic carboxylic acids is 1. The third kappa shape index (κ3) is 8.68. The van der Waals surface area contributed by atoms with E-state index in [2.05, 4.69) is 5.32 Å². The second kappa shape index (κ2) is 7.27. The molecule has 0 saturated carbocycles. The van der Waals surface area contributed by atoms with E-state index in [1.165, 1.54) is 0 Å². The van der Waals surface area contributed by atoms with Crippen LogP contribution in [0.15, 0.2) is 0 Å². The number of hydrogen-bond acceptors (Lipinski definition) is 4. The average Bonchev–Trinajstić information content (AvgIpc) is 2.14. The first-order valence-corrected chi connectivity index (χ1v) is 5.94. The highest BCUT2D eigenvalue weighted by molar-refractivity contribution is 5.76. The van der Waals surface area contributed by atoms with Gasteiger partial charge in [-0.3, -0.25) is 14.9 Å². The molecule has 100 valence electrons. The van der Waals surface area contributed by atoms with Crippen LogP contribution in [-0.4, -0.2) is 35.2 Å². The maximum Gasteiger partial charge on any atom is 0.320 e. The van der Waals surface area contributed by atoms with Gasteiger partial charge in [0.25, 0.3) is 0 Å². The van der Waals surface area contributed by atoms with Gasteiger partial charge in [0.15, 0.2) is 0 Å². The molecule has 1 atom stereocenters. The van der Waals surface area contributed by atoms with Crippen molar-refractivity contribution in [3.63, 3.8) is 0 Å². The van der Waals surface area contributed by atoms with Crippen LogP contribution in [0.1, 0.15) is 47.0 Å². The second-order valence-corrected chi connectivity index (χ2v) is 5.00. The Hall–Kier alpha value is -1.10. The van der Waals surface area contributed by atoms with Crippen molar-refractivity contribution in [2.24, 2.45) is 0 Å². The SMILES string of the molecule is CCCCC(NCC(=O)OC(C)(C)C)C(=O)O. The number of carbonyl (C=O) groups excluding carboxylic acids is 1. The lowest BCUT2D eigenvalue weighted by atomic mass is 10.1. The van der Waals surface area contributed by atoms with Crippen LogP contribution in [0, 0.1) is 0 Å². The Morgan fingerprint density at radius 1 is 1.35 bits per heavy atom. The normalized spacial score (nSPS) is 13.2. The van der Waals surface area contributed by atoms with Crippen LogP contribution < -0.4 is 5.32 Å². The molecule has 0 aromatic carbocycles. The van der Waals surface area contributed by atoms with E-state index < -0.39 is 23.6 Å². The van der Waals surface area contributed by atoms with E-state index in [0.29, 0.717) is 6.42 Å². The van der Waals surface area contributed by atoms with Crippen molar-refractivity contribution in [2.45, 2.75) is 58.6 Å². The van der Waals surface area contributed by atoms with Crippen LogP contribution in [0.5, 0.6) is 0 Å². The summed E-state index contributed by atoms with van der Waals surface area (Å²) < 4.78 is 5.08. The third-order valence-electron chi connectivity index (χ3n) is 2.06. The summed E-state index contributed by atoms with van der Waals surface area (Å²) in [5, 5.41) is 11.6. The van der Waals surface area contributed by atoms with E-state index in [-0.39, 0.29) is 6.54 Å². The summed E-state index contributed by atoms with van der Waals surface area (Å²) >= 11 is 0. The zero-order chi connectivity index (χ0) is 13.5.